The van der Waals surface area contributed by atoms with Crippen LogP contribution in [0.25, 0.3) is 11.1 Å². The summed E-state index contributed by atoms with van der Waals surface area (Å²) in [7, 11) is 0. The number of oxazole rings is 1. The second-order valence-corrected chi connectivity index (χ2v) is 5.38. The van der Waals surface area contributed by atoms with Crippen molar-refractivity contribution in [1.29, 1.82) is 0 Å². The first-order valence-corrected chi connectivity index (χ1v) is 6.85. The van der Waals surface area contributed by atoms with E-state index in [9.17, 15) is 4.79 Å². The first-order valence-electron chi connectivity index (χ1n) is 5.68. The third-order valence-electron chi connectivity index (χ3n) is 2.81. The van der Waals surface area contributed by atoms with Gasteiger partial charge in [0.2, 0.25) is 0 Å². The Hall–Kier alpha value is -1.92. The van der Waals surface area contributed by atoms with Crippen molar-refractivity contribution in [3.05, 3.63) is 50.4 Å². The Kier molecular flexibility index (Phi) is 3.19. The summed E-state index contributed by atoms with van der Waals surface area (Å²) < 4.78 is 5.69. The largest absolute Gasteiger partial charge is 0.417 e. The first-order chi connectivity index (χ1) is 9.54. The van der Waals surface area contributed by atoms with Crippen molar-refractivity contribution in [2.75, 3.05) is 11.1 Å². The number of anilines is 3. The Labute approximate surface area is 126 Å². The highest BCUT2D eigenvalue weighted by Gasteiger charge is 2.09. The number of benzene rings is 2. The fourth-order valence-corrected chi connectivity index (χ4v) is 2.40. The lowest BCUT2D eigenvalue weighted by Crippen LogP contribution is -1.97. The normalized spacial score (nSPS) is 10.9. The SMILES string of the molecule is Nc1cc2oc(=O)[nH]c2cc1Nc1cccc(Cl)c1Br. The number of aromatic amines is 1. The van der Waals surface area contributed by atoms with Crippen molar-refractivity contribution >= 4 is 55.7 Å². The Bertz CT molecular complexity index is 856. The first kappa shape index (κ1) is 13.1. The zero-order valence-corrected chi connectivity index (χ0v) is 12.4. The minimum atomic E-state index is -0.513. The number of hydrogen-bond donors (Lipinski definition) is 3. The molecule has 0 fully saturated rings. The number of nitrogens with one attached hydrogen (secondary N) is 2. The van der Waals surface area contributed by atoms with Gasteiger partial charge in [-0.15, -0.1) is 0 Å². The van der Waals surface area contributed by atoms with Gasteiger partial charge in [-0.25, -0.2) is 4.79 Å². The van der Waals surface area contributed by atoms with Crippen LogP contribution in [0.15, 0.2) is 44.0 Å². The topological polar surface area (TPSA) is 84.0 Å². The van der Waals surface area contributed by atoms with Crippen LogP contribution < -0.4 is 16.8 Å². The molecule has 0 bridgehead atoms. The van der Waals surface area contributed by atoms with Gasteiger partial charge in [0.25, 0.3) is 0 Å². The Morgan fingerprint density at radius 1 is 1.30 bits per heavy atom. The summed E-state index contributed by atoms with van der Waals surface area (Å²) in [5, 5.41) is 3.75. The average Bonchev–Trinajstić information content (AvgIpc) is 2.74. The summed E-state index contributed by atoms with van der Waals surface area (Å²) in [5.74, 6) is -0.513. The fraction of sp³-hybridized carbons (Fsp3) is 0. The third kappa shape index (κ3) is 2.28. The van der Waals surface area contributed by atoms with E-state index >= 15 is 0 Å². The molecule has 0 aliphatic rings. The lowest BCUT2D eigenvalue weighted by atomic mass is 10.2. The lowest BCUT2D eigenvalue weighted by molar-refractivity contribution is 0.555. The molecule has 4 N–H and O–H groups in total. The van der Waals surface area contributed by atoms with Gasteiger partial charge in [0.05, 0.1) is 32.1 Å². The van der Waals surface area contributed by atoms with Crippen molar-refractivity contribution in [1.82, 2.24) is 4.98 Å². The molecule has 0 aliphatic heterocycles. The summed E-state index contributed by atoms with van der Waals surface area (Å²) in [6.45, 7) is 0. The van der Waals surface area contributed by atoms with Crippen molar-refractivity contribution in [2.45, 2.75) is 0 Å². The van der Waals surface area contributed by atoms with Crippen LogP contribution in [0.4, 0.5) is 17.1 Å². The van der Waals surface area contributed by atoms with Crippen LogP contribution in [0.1, 0.15) is 0 Å². The molecule has 0 saturated carbocycles. The summed E-state index contributed by atoms with van der Waals surface area (Å²) in [6.07, 6.45) is 0. The zero-order chi connectivity index (χ0) is 14.3. The summed E-state index contributed by atoms with van der Waals surface area (Å²) in [6, 6.07) is 8.76. The maximum Gasteiger partial charge on any atom is 0.417 e. The van der Waals surface area contributed by atoms with Gasteiger partial charge in [0.15, 0.2) is 5.58 Å². The summed E-state index contributed by atoms with van der Waals surface area (Å²) in [4.78, 5) is 13.7. The molecular weight excluding hydrogens is 346 g/mol. The Morgan fingerprint density at radius 3 is 2.90 bits per heavy atom. The van der Waals surface area contributed by atoms with E-state index < -0.39 is 5.76 Å². The number of rotatable bonds is 2. The van der Waals surface area contributed by atoms with E-state index in [2.05, 4.69) is 26.2 Å². The van der Waals surface area contributed by atoms with Crippen LogP contribution >= 0.6 is 27.5 Å². The van der Waals surface area contributed by atoms with Crippen LogP contribution in [0.2, 0.25) is 5.02 Å². The van der Waals surface area contributed by atoms with E-state index in [0.717, 1.165) is 10.2 Å². The Morgan fingerprint density at radius 2 is 2.10 bits per heavy atom. The van der Waals surface area contributed by atoms with Gasteiger partial charge < -0.3 is 15.5 Å². The number of fused-ring (bicyclic) bond motifs is 1. The van der Waals surface area contributed by atoms with Crippen molar-refractivity contribution in [3.63, 3.8) is 0 Å². The van der Waals surface area contributed by atoms with Gasteiger partial charge in [-0.1, -0.05) is 17.7 Å². The maximum atomic E-state index is 11.2. The molecule has 2 aromatic carbocycles. The number of aromatic nitrogens is 1. The molecule has 0 amide bonds. The molecule has 0 aliphatic carbocycles. The molecule has 7 heteroatoms. The molecule has 0 spiro atoms. The number of halogens is 2. The number of hydrogen-bond acceptors (Lipinski definition) is 4. The molecule has 20 heavy (non-hydrogen) atoms. The van der Waals surface area contributed by atoms with Crippen molar-refractivity contribution in [2.24, 2.45) is 0 Å². The van der Waals surface area contributed by atoms with Crippen LogP contribution in [0.5, 0.6) is 0 Å². The summed E-state index contributed by atoms with van der Waals surface area (Å²) in [5.41, 5.74) is 8.83. The second-order valence-electron chi connectivity index (χ2n) is 4.18. The zero-order valence-electron chi connectivity index (χ0n) is 10.0. The number of nitrogen functional groups attached to an aromatic ring is 1. The van der Waals surface area contributed by atoms with E-state index in [1.807, 2.05) is 12.1 Å². The van der Waals surface area contributed by atoms with Crippen LogP contribution in [0, 0.1) is 0 Å². The molecular formula is C13H9BrClN3O2. The van der Waals surface area contributed by atoms with E-state index in [-0.39, 0.29) is 0 Å². The minimum absolute atomic E-state index is 0.420. The van der Waals surface area contributed by atoms with E-state index in [1.54, 1.807) is 18.2 Å². The maximum absolute atomic E-state index is 11.2. The molecule has 0 atom stereocenters. The highest BCUT2D eigenvalue weighted by molar-refractivity contribution is 9.10. The fourth-order valence-electron chi connectivity index (χ4n) is 1.87. The molecule has 1 heterocycles. The molecule has 3 aromatic rings. The van der Waals surface area contributed by atoms with E-state index in [4.69, 9.17) is 21.8 Å². The monoisotopic (exact) mass is 353 g/mol. The highest BCUT2D eigenvalue weighted by atomic mass is 79.9. The second kappa shape index (κ2) is 4.88. The minimum Gasteiger partial charge on any atom is -0.408 e. The molecule has 0 unspecified atom stereocenters. The van der Waals surface area contributed by atoms with Gasteiger partial charge in [0, 0.05) is 6.07 Å². The van der Waals surface area contributed by atoms with Crippen molar-refractivity contribution < 1.29 is 4.42 Å². The van der Waals surface area contributed by atoms with Crippen LogP contribution in [-0.4, -0.2) is 4.98 Å². The molecule has 5 nitrogen and oxygen atoms in total. The standard InChI is InChI=1S/C13H9BrClN3O2/c14-12-6(15)2-1-3-8(12)17-9-5-10-11(4-7(9)16)20-13(19)18-10/h1-5,17H,16H2,(H,18,19). The lowest BCUT2D eigenvalue weighted by Gasteiger charge is -2.11. The Balaban J connectivity index is 2.08. The molecule has 0 saturated heterocycles. The third-order valence-corrected chi connectivity index (χ3v) is 4.21. The number of H-pyrrole nitrogens is 1. The van der Waals surface area contributed by atoms with Gasteiger partial charge >= 0.3 is 5.76 Å². The van der Waals surface area contributed by atoms with E-state index in [1.165, 1.54) is 0 Å². The smallest absolute Gasteiger partial charge is 0.408 e. The van der Waals surface area contributed by atoms with E-state index in [0.29, 0.717) is 27.5 Å². The van der Waals surface area contributed by atoms with Gasteiger partial charge in [0.1, 0.15) is 0 Å². The van der Waals surface area contributed by atoms with Gasteiger partial charge in [-0.05, 0) is 34.1 Å². The highest BCUT2D eigenvalue weighted by Crippen LogP contribution is 2.34. The molecule has 102 valence electrons. The molecule has 3 rings (SSSR count). The molecule has 1 aromatic heterocycles. The predicted molar refractivity (Wildman–Crippen MR) is 83.7 cm³/mol. The average molecular weight is 355 g/mol. The van der Waals surface area contributed by atoms with Crippen LogP contribution in [-0.2, 0) is 0 Å². The number of nitrogens with two attached hydrogens (primary N) is 1. The van der Waals surface area contributed by atoms with Gasteiger partial charge in [-0.2, -0.15) is 0 Å². The quantitative estimate of drug-likeness (QED) is 0.610. The van der Waals surface area contributed by atoms with Crippen LogP contribution in [0.3, 0.4) is 0 Å². The predicted octanol–water partition coefficient (Wildman–Crippen LogP) is 3.86. The summed E-state index contributed by atoms with van der Waals surface area (Å²) >= 11 is 9.44. The van der Waals surface area contributed by atoms with Gasteiger partial charge in [-0.3, -0.25) is 4.98 Å². The van der Waals surface area contributed by atoms with Crippen molar-refractivity contribution in [3.8, 4) is 0 Å². The molecule has 0 radical (unpaired) electrons.